The van der Waals surface area contributed by atoms with E-state index >= 15 is 0 Å². The number of hydrogen-bond acceptors (Lipinski definition) is 4. The van der Waals surface area contributed by atoms with Crippen molar-refractivity contribution in [3.63, 3.8) is 0 Å². The van der Waals surface area contributed by atoms with Gasteiger partial charge in [0.15, 0.2) is 9.84 Å². The fraction of sp³-hybridized carbons (Fsp3) is 0.571. The van der Waals surface area contributed by atoms with Gasteiger partial charge in [-0.1, -0.05) is 18.6 Å². The fourth-order valence-electron chi connectivity index (χ4n) is 2.22. The molecule has 2 rings (SSSR count). The summed E-state index contributed by atoms with van der Waals surface area (Å²) in [7, 11) is -1.17. The van der Waals surface area contributed by atoms with Crippen LogP contribution in [0.4, 0.5) is 0 Å². The quantitative estimate of drug-likeness (QED) is 0.856. The smallest absolute Gasteiger partial charge is 0.179 e. The van der Waals surface area contributed by atoms with Crippen LogP contribution in [0.3, 0.4) is 0 Å². The van der Waals surface area contributed by atoms with E-state index in [4.69, 9.17) is 5.73 Å². The zero-order chi connectivity index (χ0) is 13.9. The molecule has 0 amide bonds. The lowest BCUT2D eigenvalue weighted by Crippen LogP contribution is -2.39. The first-order chi connectivity index (χ1) is 9.03. The maximum absolute atomic E-state index is 12.2. The van der Waals surface area contributed by atoms with Gasteiger partial charge in [0, 0.05) is 19.1 Å². The van der Waals surface area contributed by atoms with Crippen LogP contribution in [0.25, 0.3) is 0 Å². The molecule has 106 valence electrons. The molecule has 1 fully saturated rings. The van der Waals surface area contributed by atoms with Crippen molar-refractivity contribution in [3.8, 4) is 0 Å². The van der Waals surface area contributed by atoms with E-state index in [2.05, 4.69) is 4.90 Å². The number of sulfone groups is 1. The summed E-state index contributed by atoms with van der Waals surface area (Å²) < 4.78 is 24.4. The van der Waals surface area contributed by atoms with Crippen LogP contribution < -0.4 is 5.73 Å². The average molecular weight is 282 g/mol. The van der Waals surface area contributed by atoms with Crippen molar-refractivity contribution in [1.82, 2.24) is 4.90 Å². The van der Waals surface area contributed by atoms with Crippen molar-refractivity contribution < 1.29 is 8.42 Å². The number of nitrogens with two attached hydrogens (primary N) is 1. The van der Waals surface area contributed by atoms with Gasteiger partial charge >= 0.3 is 0 Å². The first-order valence-electron chi connectivity index (χ1n) is 6.75. The molecule has 1 aliphatic rings. The molecule has 19 heavy (non-hydrogen) atoms. The van der Waals surface area contributed by atoms with E-state index in [1.165, 1.54) is 19.3 Å². The lowest BCUT2D eigenvalue weighted by molar-refractivity contribution is 0.168. The third kappa shape index (κ3) is 3.55. The molecule has 1 aromatic carbocycles. The van der Waals surface area contributed by atoms with Crippen molar-refractivity contribution in [1.29, 1.82) is 0 Å². The van der Waals surface area contributed by atoms with Crippen molar-refractivity contribution in [2.24, 2.45) is 5.73 Å². The highest BCUT2D eigenvalue weighted by Crippen LogP contribution is 2.23. The van der Waals surface area contributed by atoms with E-state index in [-0.39, 0.29) is 5.75 Å². The maximum atomic E-state index is 12.2. The summed E-state index contributed by atoms with van der Waals surface area (Å²) >= 11 is 0. The summed E-state index contributed by atoms with van der Waals surface area (Å²) in [6.07, 6.45) is 3.66. The summed E-state index contributed by atoms with van der Waals surface area (Å²) in [5.74, 6) is 0.183. The molecule has 1 aliphatic carbocycles. The van der Waals surface area contributed by atoms with Crippen LogP contribution in [0.2, 0.25) is 0 Å². The Kier molecular flexibility index (Phi) is 4.60. The monoisotopic (exact) mass is 282 g/mol. The van der Waals surface area contributed by atoms with Gasteiger partial charge in [0.05, 0.1) is 10.6 Å². The molecule has 5 heteroatoms. The third-order valence-corrected chi connectivity index (χ3v) is 5.64. The van der Waals surface area contributed by atoms with Gasteiger partial charge in [-0.15, -0.1) is 0 Å². The normalized spacial score (nSPS) is 16.6. The molecule has 0 spiro atoms. The second-order valence-electron chi connectivity index (χ2n) is 5.23. The Labute approximate surface area is 115 Å². The second-order valence-corrected chi connectivity index (χ2v) is 7.34. The Hall–Kier alpha value is -0.910. The number of nitrogens with zero attached hydrogens (tertiary/aromatic N) is 1. The first-order valence-corrected chi connectivity index (χ1v) is 8.40. The highest BCUT2D eigenvalue weighted by atomic mass is 32.2. The molecule has 0 heterocycles. The predicted octanol–water partition coefficient (Wildman–Crippen LogP) is 1.40. The highest BCUT2D eigenvalue weighted by Gasteiger charge is 2.23. The molecule has 0 unspecified atom stereocenters. The van der Waals surface area contributed by atoms with Crippen LogP contribution in [0.1, 0.15) is 24.8 Å². The molecule has 0 atom stereocenters. The SMILES string of the molecule is CN(CCS(=O)(=O)c1ccc(CN)cc1)C1CCC1. The van der Waals surface area contributed by atoms with Crippen LogP contribution in [-0.4, -0.2) is 38.7 Å². The van der Waals surface area contributed by atoms with Crippen LogP contribution in [0, 0.1) is 0 Å². The van der Waals surface area contributed by atoms with E-state index in [0.717, 1.165) is 5.56 Å². The Morgan fingerprint density at radius 1 is 1.26 bits per heavy atom. The minimum absolute atomic E-state index is 0.183. The minimum Gasteiger partial charge on any atom is -0.326 e. The van der Waals surface area contributed by atoms with Crippen LogP contribution in [-0.2, 0) is 16.4 Å². The number of benzene rings is 1. The van der Waals surface area contributed by atoms with Crippen LogP contribution in [0.5, 0.6) is 0 Å². The molecule has 0 aliphatic heterocycles. The molecule has 4 nitrogen and oxygen atoms in total. The van der Waals surface area contributed by atoms with Crippen molar-refractivity contribution in [2.75, 3.05) is 19.3 Å². The Balaban J connectivity index is 1.96. The molecule has 1 saturated carbocycles. The topological polar surface area (TPSA) is 63.4 Å². The molecule has 0 bridgehead atoms. The van der Waals surface area contributed by atoms with Crippen LogP contribution >= 0.6 is 0 Å². The molecular weight excluding hydrogens is 260 g/mol. The first kappa shape index (κ1) is 14.5. The van der Waals surface area contributed by atoms with Gasteiger partial charge in [-0.3, -0.25) is 0 Å². The van der Waals surface area contributed by atoms with Gasteiger partial charge in [-0.2, -0.15) is 0 Å². The minimum atomic E-state index is -3.18. The van der Waals surface area contributed by atoms with Gasteiger partial charge in [-0.05, 0) is 37.6 Å². The number of rotatable bonds is 6. The maximum Gasteiger partial charge on any atom is 0.179 e. The van der Waals surface area contributed by atoms with Crippen molar-refractivity contribution in [3.05, 3.63) is 29.8 Å². The molecule has 0 radical (unpaired) electrons. The molecule has 0 aromatic heterocycles. The summed E-state index contributed by atoms with van der Waals surface area (Å²) in [5, 5.41) is 0. The zero-order valence-corrected chi connectivity index (χ0v) is 12.2. The number of hydrogen-bond donors (Lipinski definition) is 1. The molecule has 1 aromatic rings. The van der Waals surface area contributed by atoms with Gasteiger partial charge in [-0.25, -0.2) is 8.42 Å². The van der Waals surface area contributed by atoms with E-state index in [1.807, 2.05) is 7.05 Å². The zero-order valence-electron chi connectivity index (χ0n) is 11.4. The van der Waals surface area contributed by atoms with Gasteiger partial charge < -0.3 is 10.6 Å². The Morgan fingerprint density at radius 3 is 2.37 bits per heavy atom. The molecule has 0 saturated heterocycles. The third-order valence-electron chi connectivity index (χ3n) is 3.93. The summed E-state index contributed by atoms with van der Waals surface area (Å²) in [4.78, 5) is 2.56. The summed E-state index contributed by atoms with van der Waals surface area (Å²) in [5.41, 5.74) is 6.46. The van der Waals surface area contributed by atoms with E-state index in [0.29, 0.717) is 24.0 Å². The van der Waals surface area contributed by atoms with Crippen LogP contribution in [0.15, 0.2) is 29.2 Å². The Bertz CT molecular complexity index is 507. The van der Waals surface area contributed by atoms with Crippen molar-refractivity contribution in [2.45, 2.75) is 36.7 Å². The van der Waals surface area contributed by atoms with Gasteiger partial charge in [0.25, 0.3) is 0 Å². The van der Waals surface area contributed by atoms with E-state index in [1.54, 1.807) is 24.3 Å². The fourth-order valence-corrected chi connectivity index (χ4v) is 3.54. The second kappa shape index (κ2) is 6.03. The van der Waals surface area contributed by atoms with Gasteiger partial charge in [0.1, 0.15) is 0 Å². The standard InChI is InChI=1S/C14H22N2O2S/c1-16(13-3-2-4-13)9-10-19(17,18)14-7-5-12(11-15)6-8-14/h5-8,13H,2-4,9-11,15H2,1H3. The molecular formula is C14H22N2O2S. The summed E-state index contributed by atoms with van der Waals surface area (Å²) in [6.45, 7) is 1.04. The molecule has 2 N–H and O–H groups in total. The predicted molar refractivity (Wildman–Crippen MR) is 76.7 cm³/mol. The highest BCUT2D eigenvalue weighted by molar-refractivity contribution is 7.91. The lowest BCUT2D eigenvalue weighted by atomic mass is 9.92. The Morgan fingerprint density at radius 2 is 1.89 bits per heavy atom. The lowest BCUT2D eigenvalue weighted by Gasteiger charge is -2.34. The average Bonchev–Trinajstić information content (AvgIpc) is 2.34. The van der Waals surface area contributed by atoms with E-state index < -0.39 is 9.84 Å². The van der Waals surface area contributed by atoms with E-state index in [9.17, 15) is 8.42 Å². The van der Waals surface area contributed by atoms with Crippen molar-refractivity contribution >= 4 is 9.84 Å². The largest absolute Gasteiger partial charge is 0.326 e. The van der Waals surface area contributed by atoms with Gasteiger partial charge in [0.2, 0.25) is 0 Å². The summed E-state index contributed by atoms with van der Waals surface area (Å²) in [6, 6.07) is 7.45.